The second kappa shape index (κ2) is 19.4. The first-order chi connectivity index (χ1) is 26.5. The second-order valence-corrected chi connectivity index (χ2v) is 15.0. The molecule has 1 aliphatic rings. The Bertz CT molecular complexity index is 1860. The Balaban J connectivity index is 1.60. The van der Waals surface area contributed by atoms with Gasteiger partial charge in [0.05, 0.1) is 12.1 Å². The molecular weight excluding hydrogens is 722 g/mol. The summed E-state index contributed by atoms with van der Waals surface area (Å²) in [6.07, 6.45) is 1.52. The lowest BCUT2D eigenvalue weighted by molar-refractivity contribution is -0.145. The van der Waals surface area contributed by atoms with Crippen LogP contribution in [-0.4, -0.2) is 110 Å². The van der Waals surface area contributed by atoms with Crippen molar-refractivity contribution in [2.24, 2.45) is 17.6 Å². The van der Waals surface area contributed by atoms with Crippen molar-refractivity contribution in [2.75, 3.05) is 6.54 Å². The predicted molar refractivity (Wildman–Crippen MR) is 208 cm³/mol. The van der Waals surface area contributed by atoms with Gasteiger partial charge in [0, 0.05) is 36.5 Å². The highest BCUT2D eigenvalue weighted by molar-refractivity contribution is 5.97. The number of carbonyl (C=O) groups excluding carboxylic acids is 5. The Labute approximate surface area is 326 Å². The van der Waals surface area contributed by atoms with Gasteiger partial charge in [0.25, 0.3) is 0 Å². The number of carboxylic acid groups (broad SMARTS) is 1. The molecule has 2 aromatic carbocycles. The highest BCUT2D eigenvalue weighted by atomic mass is 16.4. The molecule has 1 aromatic heterocycles. The molecule has 10 N–H and O–H groups in total. The number of nitrogens with one attached hydrogen (secondary N) is 5. The molecule has 3 aromatic rings. The van der Waals surface area contributed by atoms with Crippen molar-refractivity contribution in [2.45, 2.75) is 109 Å². The summed E-state index contributed by atoms with van der Waals surface area (Å²) in [5.74, 6) is -5.19. The van der Waals surface area contributed by atoms with E-state index in [1.807, 2.05) is 38.1 Å². The molecule has 5 amide bonds. The number of hydrogen-bond acceptors (Lipinski definition) is 9. The minimum absolute atomic E-state index is 0.00604. The molecule has 304 valence electrons. The Kier molecular flexibility index (Phi) is 15.0. The summed E-state index contributed by atoms with van der Waals surface area (Å²) in [6.45, 7) is 8.62. The first-order valence-corrected chi connectivity index (χ1v) is 19.0. The molecule has 0 saturated carbocycles. The molecule has 4 rings (SSSR count). The van der Waals surface area contributed by atoms with Crippen molar-refractivity contribution >= 4 is 46.4 Å². The van der Waals surface area contributed by atoms with E-state index in [1.165, 1.54) is 24.0 Å². The van der Waals surface area contributed by atoms with Crippen LogP contribution >= 0.6 is 0 Å². The number of rotatable bonds is 18. The quantitative estimate of drug-likeness (QED) is 0.0889. The summed E-state index contributed by atoms with van der Waals surface area (Å²) in [6, 6.07) is 6.34. The van der Waals surface area contributed by atoms with Crippen LogP contribution in [0.3, 0.4) is 0 Å². The van der Waals surface area contributed by atoms with Gasteiger partial charge in [-0.3, -0.25) is 24.0 Å². The van der Waals surface area contributed by atoms with Crippen molar-refractivity contribution < 1.29 is 44.1 Å². The zero-order valence-electron chi connectivity index (χ0n) is 32.5. The Morgan fingerprint density at radius 1 is 0.857 bits per heavy atom. The van der Waals surface area contributed by atoms with Crippen molar-refractivity contribution in [1.82, 2.24) is 31.2 Å². The number of aromatic nitrogens is 1. The van der Waals surface area contributed by atoms with Crippen LogP contribution in [-0.2, 0) is 41.6 Å². The summed E-state index contributed by atoms with van der Waals surface area (Å²) >= 11 is 0. The van der Waals surface area contributed by atoms with Gasteiger partial charge in [0.1, 0.15) is 29.9 Å². The molecule has 16 nitrogen and oxygen atoms in total. The van der Waals surface area contributed by atoms with Crippen LogP contribution in [0.15, 0.2) is 54.7 Å². The van der Waals surface area contributed by atoms with Gasteiger partial charge >= 0.3 is 5.97 Å². The van der Waals surface area contributed by atoms with E-state index in [9.17, 15) is 44.1 Å². The highest BCUT2D eigenvalue weighted by Gasteiger charge is 2.40. The van der Waals surface area contributed by atoms with Gasteiger partial charge in [-0.2, -0.15) is 0 Å². The first kappa shape index (κ1) is 43.3. The van der Waals surface area contributed by atoms with Crippen LogP contribution in [0.1, 0.15) is 65.0 Å². The first-order valence-electron chi connectivity index (χ1n) is 19.0. The average Bonchev–Trinajstić information content (AvgIpc) is 3.82. The van der Waals surface area contributed by atoms with E-state index in [2.05, 4.69) is 26.3 Å². The molecule has 56 heavy (non-hydrogen) atoms. The number of aliphatic hydroxyl groups is 1. The smallest absolute Gasteiger partial charge is 0.328 e. The number of likely N-dealkylation sites (tertiary alicyclic amines) is 1. The third-order valence-electron chi connectivity index (χ3n) is 10.4. The predicted octanol–water partition coefficient (Wildman–Crippen LogP) is 1.08. The maximum absolute atomic E-state index is 14.4. The van der Waals surface area contributed by atoms with Gasteiger partial charge in [-0.05, 0) is 60.9 Å². The molecule has 2 heterocycles. The number of carboxylic acids is 1. The van der Waals surface area contributed by atoms with Gasteiger partial charge in [0.2, 0.25) is 29.5 Å². The number of aliphatic carboxylic acids is 1. The van der Waals surface area contributed by atoms with Crippen LogP contribution in [0.4, 0.5) is 0 Å². The Morgan fingerprint density at radius 3 is 2.14 bits per heavy atom. The number of aliphatic hydroxyl groups excluding tert-OH is 1. The largest absolute Gasteiger partial charge is 0.508 e. The number of phenolic OH excluding ortho intramolecular Hbond substituents is 1. The maximum Gasteiger partial charge on any atom is 0.328 e. The third-order valence-corrected chi connectivity index (χ3v) is 10.4. The van der Waals surface area contributed by atoms with E-state index >= 15 is 0 Å². The van der Waals surface area contributed by atoms with Gasteiger partial charge < -0.3 is 52.2 Å². The summed E-state index contributed by atoms with van der Waals surface area (Å²) in [5.41, 5.74) is 8.20. The molecule has 16 heteroatoms. The number of amides is 5. The minimum Gasteiger partial charge on any atom is -0.508 e. The molecule has 1 fully saturated rings. The molecule has 0 aliphatic carbocycles. The fourth-order valence-electron chi connectivity index (χ4n) is 6.77. The summed E-state index contributed by atoms with van der Waals surface area (Å²) in [4.78, 5) is 85.4. The van der Waals surface area contributed by atoms with E-state index in [4.69, 9.17) is 5.73 Å². The number of hydrogen-bond donors (Lipinski definition) is 9. The van der Waals surface area contributed by atoms with Crippen LogP contribution < -0.4 is 27.0 Å². The number of fused-ring (bicyclic) bond motifs is 1. The van der Waals surface area contributed by atoms with Crippen molar-refractivity contribution in [3.8, 4) is 5.75 Å². The zero-order valence-corrected chi connectivity index (χ0v) is 32.5. The number of nitrogens with two attached hydrogens (primary N) is 1. The lowest BCUT2D eigenvalue weighted by Crippen LogP contribution is -2.60. The normalized spacial score (nSPS) is 17.9. The number of benzene rings is 2. The van der Waals surface area contributed by atoms with Gasteiger partial charge in [-0.15, -0.1) is 0 Å². The van der Waals surface area contributed by atoms with Gasteiger partial charge in [-0.1, -0.05) is 64.4 Å². The Morgan fingerprint density at radius 2 is 1.52 bits per heavy atom. The number of aromatic hydroxyl groups is 1. The van der Waals surface area contributed by atoms with Crippen molar-refractivity contribution in [3.63, 3.8) is 0 Å². The fraction of sp³-hybridized carbons (Fsp3) is 0.500. The van der Waals surface area contributed by atoms with Crippen LogP contribution in [0.2, 0.25) is 0 Å². The minimum atomic E-state index is -1.65. The van der Waals surface area contributed by atoms with Crippen LogP contribution in [0.5, 0.6) is 5.75 Å². The standard InChI is InChI=1S/C40H55N7O9/c1-6-22(4)32(41)37(52)45-33(21(2)3)38(53)44-30(18-24-13-15-26(49)16-14-24)39(54)47-17-9-12-31(47)36(51)43-29(35(50)46-34(23(5)48)40(55)56)19-25-20-42-28-11-8-7-10-27(25)28/h7-8,10-11,13-16,20-23,29-34,42,48-49H,6,9,12,17-19,41H2,1-5H3,(H,43,51)(H,44,53)(H,45,52)(H,46,50)(H,55,56)/t22-,23+,29-,30-,31-,32-,33-,34-/m0/s1. The third kappa shape index (κ3) is 10.8. The average molecular weight is 778 g/mol. The van der Waals surface area contributed by atoms with E-state index in [1.54, 1.807) is 32.2 Å². The van der Waals surface area contributed by atoms with E-state index in [0.717, 1.165) is 10.9 Å². The molecule has 0 unspecified atom stereocenters. The SMILES string of the molecule is CC[C@H](C)[C@H](N)C(=O)N[C@H](C(=O)N[C@@H](Cc1ccc(O)cc1)C(=O)N1CCC[C@H]1C(=O)N[C@@H](Cc1c[nH]c2ccccc12)C(=O)N[C@H](C(=O)O)[C@@H](C)O)C(C)C. The number of H-pyrrole nitrogens is 1. The number of para-hydroxylation sites is 1. The number of aromatic amines is 1. The van der Waals surface area contributed by atoms with Gasteiger partial charge in [0.15, 0.2) is 6.04 Å². The number of carbonyl (C=O) groups is 6. The lowest BCUT2D eigenvalue weighted by atomic mass is 9.97. The van der Waals surface area contributed by atoms with Crippen molar-refractivity contribution in [3.05, 3.63) is 65.9 Å². The van der Waals surface area contributed by atoms with E-state index in [0.29, 0.717) is 24.0 Å². The molecule has 0 bridgehead atoms. The molecule has 0 radical (unpaired) electrons. The zero-order chi connectivity index (χ0) is 41.3. The topological polar surface area (TPSA) is 256 Å². The molecule has 0 spiro atoms. The second-order valence-electron chi connectivity index (χ2n) is 15.0. The summed E-state index contributed by atoms with van der Waals surface area (Å²) in [7, 11) is 0. The van der Waals surface area contributed by atoms with Gasteiger partial charge in [-0.25, -0.2) is 4.79 Å². The summed E-state index contributed by atoms with van der Waals surface area (Å²) < 4.78 is 0. The highest BCUT2D eigenvalue weighted by Crippen LogP contribution is 2.23. The maximum atomic E-state index is 14.4. The van der Waals surface area contributed by atoms with E-state index < -0.39 is 77.9 Å². The van der Waals surface area contributed by atoms with E-state index in [-0.39, 0.29) is 43.4 Å². The molecule has 1 aliphatic heterocycles. The fourth-order valence-corrected chi connectivity index (χ4v) is 6.77. The Hall–Kier alpha value is -5.48. The van der Waals surface area contributed by atoms with Crippen molar-refractivity contribution in [1.29, 1.82) is 0 Å². The lowest BCUT2D eigenvalue weighted by Gasteiger charge is -2.32. The monoisotopic (exact) mass is 777 g/mol. The van der Waals surface area contributed by atoms with Crippen LogP contribution in [0.25, 0.3) is 10.9 Å². The molecular formula is C40H55N7O9. The number of nitrogens with zero attached hydrogens (tertiary/aromatic N) is 1. The molecule has 1 saturated heterocycles. The van der Waals surface area contributed by atoms with Crippen LogP contribution in [0, 0.1) is 11.8 Å². The summed E-state index contributed by atoms with van der Waals surface area (Å²) in [5, 5.41) is 41.0. The molecule has 8 atom stereocenters. The number of phenols is 1.